The maximum absolute atomic E-state index is 11.7. The summed E-state index contributed by atoms with van der Waals surface area (Å²) in [5.74, 6) is 0.246. The minimum atomic E-state index is 0.0420. The molecule has 16 heavy (non-hydrogen) atoms. The van der Waals surface area contributed by atoms with Gasteiger partial charge in [0, 0.05) is 12.3 Å². The fourth-order valence-electron chi connectivity index (χ4n) is 1.67. The van der Waals surface area contributed by atoms with Crippen LogP contribution in [-0.2, 0) is 9.59 Å². The Morgan fingerprint density at radius 2 is 1.81 bits per heavy atom. The molecular formula is C13H25NO2. The summed E-state index contributed by atoms with van der Waals surface area (Å²) in [5.41, 5.74) is 0. The van der Waals surface area contributed by atoms with E-state index in [2.05, 4.69) is 12.2 Å². The first kappa shape index (κ1) is 15.1. The van der Waals surface area contributed by atoms with Crippen LogP contribution in [0.15, 0.2) is 0 Å². The zero-order valence-corrected chi connectivity index (χ0v) is 10.8. The summed E-state index contributed by atoms with van der Waals surface area (Å²) in [6.45, 7) is 6.31. The number of carbonyl (C=O) groups is 2. The van der Waals surface area contributed by atoms with E-state index in [4.69, 9.17) is 0 Å². The SMILES string of the molecule is CCCCC(CC)C(=O)NCC(=O)CCC. The third kappa shape index (κ3) is 6.59. The van der Waals surface area contributed by atoms with Crippen LogP contribution in [0.2, 0.25) is 0 Å². The molecule has 1 amide bonds. The minimum absolute atomic E-state index is 0.0420. The molecule has 0 spiro atoms. The topological polar surface area (TPSA) is 46.2 Å². The zero-order chi connectivity index (χ0) is 12.4. The van der Waals surface area contributed by atoms with E-state index >= 15 is 0 Å². The average Bonchev–Trinajstić information content (AvgIpc) is 2.28. The summed E-state index contributed by atoms with van der Waals surface area (Å²) < 4.78 is 0. The van der Waals surface area contributed by atoms with Crippen LogP contribution in [0.1, 0.15) is 59.3 Å². The molecule has 0 radical (unpaired) electrons. The van der Waals surface area contributed by atoms with Gasteiger partial charge in [0.2, 0.25) is 5.91 Å². The fourth-order valence-corrected chi connectivity index (χ4v) is 1.67. The maximum Gasteiger partial charge on any atom is 0.223 e. The number of hydrogen-bond acceptors (Lipinski definition) is 2. The predicted molar refractivity (Wildman–Crippen MR) is 66.2 cm³/mol. The molecule has 1 N–H and O–H groups in total. The second kappa shape index (κ2) is 9.37. The van der Waals surface area contributed by atoms with Crippen molar-refractivity contribution in [3.63, 3.8) is 0 Å². The van der Waals surface area contributed by atoms with Gasteiger partial charge in [0.25, 0.3) is 0 Å². The monoisotopic (exact) mass is 227 g/mol. The van der Waals surface area contributed by atoms with Crippen LogP contribution in [0.5, 0.6) is 0 Å². The van der Waals surface area contributed by atoms with Gasteiger partial charge in [-0.2, -0.15) is 0 Å². The second-order valence-electron chi connectivity index (χ2n) is 4.25. The summed E-state index contributed by atoms with van der Waals surface area (Å²) in [6.07, 6.45) is 5.38. The Balaban J connectivity index is 3.87. The van der Waals surface area contributed by atoms with E-state index in [1.165, 1.54) is 0 Å². The van der Waals surface area contributed by atoms with Crippen LogP contribution < -0.4 is 5.32 Å². The van der Waals surface area contributed by atoms with Gasteiger partial charge in [-0.05, 0) is 19.3 Å². The van der Waals surface area contributed by atoms with E-state index in [0.29, 0.717) is 6.42 Å². The number of unbranched alkanes of at least 4 members (excludes halogenated alkanes) is 1. The lowest BCUT2D eigenvalue weighted by Crippen LogP contribution is -2.34. The van der Waals surface area contributed by atoms with E-state index < -0.39 is 0 Å². The Morgan fingerprint density at radius 3 is 2.31 bits per heavy atom. The fraction of sp³-hybridized carbons (Fsp3) is 0.846. The summed E-state index contributed by atoms with van der Waals surface area (Å²) in [6, 6.07) is 0. The molecule has 0 aromatic carbocycles. The molecule has 0 rings (SSSR count). The summed E-state index contributed by atoms with van der Waals surface area (Å²) in [4.78, 5) is 23.0. The molecule has 0 saturated heterocycles. The number of carbonyl (C=O) groups excluding carboxylic acids is 2. The predicted octanol–water partition coefficient (Wildman–Crippen LogP) is 2.69. The van der Waals surface area contributed by atoms with E-state index in [1.54, 1.807) is 0 Å². The van der Waals surface area contributed by atoms with Gasteiger partial charge in [0.05, 0.1) is 6.54 Å². The van der Waals surface area contributed by atoms with Gasteiger partial charge in [0.1, 0.15) is 0 Å². The van der Waals surface area contributed by atoms with Gasteiger partial charge in [0.15, 0.2) is 5.78 Å². The summed E-state index contributed by atoms with van der Waals surface area (Å²) in [7, 11) is 0. The first-order valence-electron chi connectivity index (χ1n) is 6.45. The largest absolute Gasteiger partial charge is 0.349 e. The molecule has 0 fully saturated rings. The van der Waals surface area contributed by atoms with Gasteiger partial charge in [-0.3, -0.25) is 9.59 Å². The molecule has 0 aliphatic heterocycles. The lowest BCUT2D eigenvalue weighted by atomic mass is 9.98. The molecule has 1 atom stereocenters. The quantitative estimate of drug-likeness (QED) is 0.658. The molecule has 3 nitrogen and oxygen atoms in total. The smallest absolute Gasteiger partial charge is 0.223 e. The van der Waals surface area contributed by atoms with E-state index in [1.807, 2.05) is 13.8 Å². The first-order valence-corrected chi connectivity index (χ1v) is 6.45. The average molecular weight is 227 g/mol. The molecule has 1 unspecified atom stereocenters. The van der Waals surface area contributed by atoms with Crippen LogP contribution in [0.25, 0.3) is 0 Å². The lowest BCUT2D eigenvalue weighted by Gasteiger charge is -2.13. The van der Waals surface area contributed by atoms with Gasteiger partial charge in [-0.25, -0.2) is 0 Å². The number of ketones is 1. The van der Waals surface area contributed by atoms with Crippen molar-refractivity contribution < 1.29 is 9.59 Å². The lowest BCUT2D eigenvalue weighted by molar-refractivity contribution is -0.128. The number of hydrogen-bond donors (Lipinski definition) is 1. The maximum atomic E-state index is 11.7. The van der Waals surface area contributed by atoms with Crippen molar-refractivity contribution in [2.24, 2.45) is 5.92 Å². The number of amides is 1. The molecule has 3 heteroatoms. The van der Waals surface area contributed by atoms with Crippen LogP contribution in [0, 0.1) is 5.92 Å². The Labute approximate surface area is 99.0 Å². The van der Waals surface area contributed by atoms with Crippen LogP contribution in [0.4, 0.5) is 0 Å². The van der Waals surface area contributed by atoms with Crippen LogP contribution in [-0.4, -0.2) is 18.2 Å². The van der Waals surface area contributed by atoms with Crippen molar-refractivity contribution in [1.29, 1.82) is 0 Å². The highest BCUT2D eigenvalue weighted by Crippen LogP contribution is 2.12. The van der Waals surface area contributed by atoms with Crippen molar-refractivity contribution in [3.8, 4) is 0 Å². The number of nitrogens with one attached hydrogen (secondary N) is 1. The Kier molecular flexibility index (Phi) is 8.87. The molecule has 0 aliphatic rings. The number of rotatable bonds is 9. The normalized spacial score (nSPS) is 12.2. The van der Waals surface area contributed by atoms with Crippen molar-refractivity contribution >= 4 is 11.7 Å². The first-order chi connectivity index (χ1) is 7.65. The van der Waals surface area contributed by atoms with Gasteiger partial charge < -0.3 is 5.32 Å². The minimum Gasteiger partial charge on any atom is -0.349 e. The number of Topliss-reactive ketones (excluding diaryl/α,β-unsaturated/α-hetero) is 1. The van der Waals surface area contributed by atoms with E-state index in [9.17, 15) is 9.59 Å². The van der Waals surface area contributed by atoms with Crippen molar-refractivity contribution in [3.05, 3.63) is 0 Å². The van der Waals surface area contributed by atoms with E-state index in [0.717, 1.165) is 32.1 Å². The third-order valence-corrected chi connectivity index (χ3v) is 2.76. The molecule has 94 valence electrons. The second-order valence-corrected chi connectivity index (χ2v) is 4.25. The summed E-state index contributed by atoms with van der Waals surface area (Å²) >= 11 is 0. The van der Waals surface area contributed by atoms with Crippen LogP contribution in [0.3, 0.4) is 0 Å². The summed E-state index contributed by atoms with van der Waals surface area (Å²) in [5, 5.41) is 2.74. The molecule has 0 saturated carbocycles. The standard InChI is InChI=1S/C13H25NO2/c1-4-7-9-11(6-3)13(16)14-10-12(15)8-5-2/h11H,4-10H2,1-3H3,(H,14,16). The molecule has 0 bridgehead atoms. The van der Waals surface area contributed by atoms with Crippen LogP contribution >= 0.6 is 0 Å². The third-order valence-electron chi connectivity index (χ3n) is 2.76. The molecular weight excluding hydrogens is 202 g/mol. The van der Waals surface area contributed by atoms with E-state index in [-0.39, 0.29) is 24.2 Å². The van der Waals surface area contributed by atoms with Crippen molar-refractivity contribution in [2.75, 3.05) is 6.54 Å². The van der Waals surface area contributed by atoms with Gasteiger partial charge >= 0.3 is 0 Å². The van der Waals surface area contributed by atoms with Crippen molar-refractivity contribution in [2.45, 2.75) is 59.3 Å². The molecule has 0 aromatic rings. The highest BCUT2D eigenvalue weighted by molar-refractivity contribution is 5.86. The molecule has 0 aromatic heterocycles. The highest BCUT2D eigenvalue weighted by Gasteiger charge is 2.15. The highest BCUT2D eigenvalue weighted by atomic mass is 16.2. The van der Waals surface area contributed by atoms with Gasteiger partial charge in [-0.15, -0.1) is 0 Å². The van der Waals surface area contributed by atoms with Gasteiger partial charge in [-0.1, -0.05) is 33.6 Å². The Morgan fingerprint density at radius 1 is 1.12 bits per heavy atom. The Bertz CT molecular complexity index is 214. The molecule has 0 aliphatic carbocycles. The molecule has 0 heterocycles. The van der Waals surface area contributed by atoms with Crippen molar-refractivity contribution in [1.82, 2.24) is 5.32 Å². The zero-order valence-electron chi connectivity index (χ0n) is 10.8. The Hall–Kier alpha value is -0.860.